The van der Waals surface area contributed by atoms with Crippen LogP contribution in [0.5, 0.6) is 5.75 Å². The maximum absolute atomic E-state index is 12.7. The molecule has 0 N–H and O–H groups in total. The Morgan fingerprint density at radius 3 is 1.81 bits per heavy atom. The van der Waals surface area contributed by atoms with Crippen molar-refractivity contribution in [3.8, 4) is 11.4 Å². The van der Waals surface area contributed by atoms with Gasteiger partial charge in [0.15, 0.2) is 0 Å². The van der Waals surface area contributed by atoms with E-state index in [1.165, 1.54) is 14.0 Å². The van der Waals surface area contributed by atoms with Crippen LogP contribution in [-0.2, 0) is 16.1 Å². The summed E-state index contributed by atoms with van der Waals surface area (Å²) in [6, 6.07) is 21.5. The number of pyridine rings is 1. The van der Waals surface area contributed by atoms with Crippen LogP contribution < -0.4 is 10.3 Å². The van der Waals surface area contributed by atoms with Gasteiger partial charge in [-0.25, -0.2) is 0 Å². The molecule has 0 atom stereocenters. The first-order valence-corrected chi connectivity index (χ1v) is 10.9. The summed E-state index contributed by atoms with van der Waals surface area (Å²) in [6.45, 7) is 13.5. The standard InChI is InChI=1S/C20H19NO2.C3H6O2.2C2H6/c1-15-13-19(23-14-17-9-5-3-6-10-17)16(2)20(22)21(15)18-11-7-4-8-12-18;1-3(4)5-2;2*1-2/h3-13H,14H2,1-2H3;1-2H3;2*1-2H3. The Bertz CT molecular complexity index is 964. The van der Waals surface area contributed by atoms with Crippen LogP contribution in [0.15, 0.2) is 71.5 Å². The van der Waals surface area contributed by atoms with Crippen molar-refractivity contribution in [1.82, 2.24) is 4.57 Å². The Kier molecular flexibility index (Phi) is 14.7. The molecule has 0 bridgehead atoms. The molecule has 1 aromatic heterocycles. The van der Waals surface area contributed by atoms with Gasteiger partial charge in [-0.15, -0.1) is 0 Å². The Labute approximate surface area is 192 Å². The van der Waals surface area contributed by atoms with E-state index in [2.05, 4.69) is 4.74 Å². The average molecular weight is 440 g/mol. The lowest BCUT2D eigenvalue weighted by atomic mass is 10.2. The quantitative estimate of drug-likeness (QED) is 0.450. The zero-order chi connectivity index (χ0) is 24.5. The van der Waals surface area contributed by atoms with Gasteiger partial charge < -0.3 is 9.47 Å². The highest BCUT2D eigenvalue weighted by Crippen LogP contribution is 2.19. The number of rotatable bonds is 4. The summed E-state index contributed by atoms with van der Waals surface area (Å²) in [4.78, 5) is 22.3. The Balaban J connectivity index is 0.000000928. The number of methoxy groups -OCH3 is 1. The van der Waals surface area contributed by atoms with Crippen LogP contribution in [0.1, 0.15) is 51.4 Å². The van der Waals surface area contributed by atoms with E-state index in [0.29, 0.717) is 17.9 Å². The third-order valence-corrected chi connectivity index (χ3v) is 4.13. The molecule has 0 saturated carbocycles. The van der Waals surface area contributed by atoms with Crippen molar-refractivity contribution in [2.24, 2.45) is 0 Å². The number of nitrogens with zero attached hydrogens (tertiary/aromatic N) is 1. The molecule has 0 aliphatic carbocycles. The summed E-state index contributed by atoms with van der Waals surface area (Å²) < 4.78 is 11.7. The molecule has 0 aliphatic heterocycles. The molecule has 174 valence electrons. The molecule has 3 aromatic rings. The predicted molar refractivity (Wildman–Crippen MR) is 133 cm³/mol. The first kappa shape index (κ1) is 28.7. The molecule has 2 aromatic carbocycles. The number of benzene rings is 2. The smallest absolute Gasteiger partial charge is 0.302 e. The lowest BCUT2D eigenvalue weighted by Gasteiger charge is -2.15. The van der Waals surface area contributed by atoms with E-state index in [1.807, 2.05) is 108 Å². The lowest BCUT2D eigenvalue weighted by molar-refractivity contribution is -0.137. The van der Waals surface area contributed by atoms with Gasteiger partial charge in [0.25, 0.3) is 5.56 Å². The minimum atomic E-state index is -0.245. The van der Waals surface area contributed by atoms with Gasteiger partial charge in [0.05, 0.1) is 12.7 Å². The first-order valence-electron chi connectivity index (χ1n) is 10.9. The van der Waals surface area contributed by atoms with Gasteiger partial charge in [0.2, 0.25) is 0 Å². The van der Waals surface area contributed by atoms with Gasteiger partial charge in [0, 0.05) is 24.4 Å². The maximum atomic E-state index is 12.7. The maximum Gasteiger partial charge on any atom is 0.302 e. The number of hydrogen-bond donors (Lipinski definition) is 0. The van der Waals surface area contributed by atoms with E-state index >= 15 is 0 Å². The van der Waals surface area contributed by atoms with E-state index in [4.69, 9.17) is 4.74 Å². The van der Waals surface area contributed by atoms with Gasteiger partial charge in [-0.05, 0) is 31.5 Å². The predicted octanol–water partition coefficient (Wildman–Crippen LogP) is 6.27. The fourth-order valence-corrected chi connectivity index (χ4v) is 2.58. The van der Waals surface area contributed by atoms with Crippen molar-refractivity contribution >= 4 is 5.97 Å². The monoisotopic (exact) mass is 439 g/mol. The SMILES string of the molecule is CC.CC.COC(C)=O.Cc1c(OCc2ccccc2)cc(C)n(-c2ccccc2)c1=O. The molecule has 32 heavy (non-hydrogen) atoms. The molecule has 0 unspecified atom stereocenters. The summed E-state index contributed by atoms with van der Waals surface area (Å²) in [5, 5.41) is 0. The van der Waals surface area contributed by atoms with Gasteiger partial charge in [0.1, 0.15) is 12.4 Å². The molecule has 3 rings (SSSR count). The molecule has 1 heterocycles. The van der Waals surface area contributed by atoms with Crippen LogP contribution in [0.3, 0.4) is 0 Å². The number of aryl methyl sites for hydroxylation is 1. The van der Waals surface area contributed by atoms with Crippen molar-refractivity contribution < 1.29 is 14.3 Å². The molecule has 5 heteroatoms. The molecule has 0 fully saturated rings. The number of ether oxygens (including phenoxy) is 2. The zero-order valence-corrected chi connectivity index (χ0v) is 20.6. The molecule has 0 spiro atoms. The summed E-state index contributed by atoms with van der Waals surface area (Å²) in [5.41, 5.74) is 3.38. The second kappa shape index (κ2) is 16.4. The molecular weight excluding hydrogens is 402 g/mol. The van der Waals surface area contributed by atoms with E-state index < -0.39 is 0 Å². The third-order valence-electron chi connectivity index (χ3n) is 4.13. The molecule has 0 radical (unpaired) electrons. The second-order valence-electron chi connectivity index (χ2n) is 6.22. The van der Waals surface area contributed by atoms with Crippen LogP contribution in [0, 0.1) is 13.8 Å². The second-order valence-corrected chi connectivity index (χ2v) is 6.22. The minimum Gasteiger partial charge on any atom is -0.488 e. The fourth-order valence-electron chi connectivity index (χ4n) is 2.58. The number of para-hydroxylation sites is 1. The van der Waals surface area contributed by atoms with Gasteiger partial charge in [-0.2, -0.15) is 0 Å². The molecule has 0 aliphatic rings. The number of hydrogen-bond acceptors (Lipinski definition) is 4. The highest BCUT2D eigenvalue weighted by molar-refractivity contribution is 5.65. The third kappa shape index (κ3) is 9.21. The van der Waals surface area contributed by atoms with Crippen LogP contribution in [0.2, 0.25) is 0 Å². The highest BCUT2D eigenvalue weighted by atomic mass is 16.5. The van der Waals surface area contributed by atoms with Gasteiger partial charge in [-0.1, -0.05) is 76.2 Å². The van der Waals surface area contributed by atoms with E-state index in [1.54, 1.807) is 4.57 Å². The Morgan fingerprint density at radius 1 is 0.875 bits per heavy atom. The molecular formula is C27H37NO4. The van der Waals surface area contributed by atoms with E-state index in [9.17, 15) is 9.59 Å². The van der Waals surface area contributed by atoms with Crippen molar-refractivity contribution in [3.63, 3.8) is 0 Å². The van der Waals surface area contributed by atoms with Crippen molar-refractivity contribution in [2.45, 2.75) is 55.1 Å². The number of esters is 1. The van der Waals surface area contributed by atoms with Crippen LogP contribution in [0.4, 0.5) is 0 Å². The highest BCUT2D eigenvalue weighted by Gasteiger charge is 2.12. The molecule has 5 nitrogen and oxygen atoms in total. The number of carbonyl (C=O) groups excluding carboxylic acids is 1. The number of carbonyl (C=O) groups is 1. The summed E-state index contributed by atoms with van der Waals surface area (Å²) in [6.07, 6.45) is 0. The summed E-state index contributed by atoms with van der Waals surface area (Å²) in [7, 11) is 1.35. The Hall–Kier alpha value is -3.34. The minimum absolute atomic E-state index is 0.0424. The van der Waals surface area contributed by atoms with Crippen LogP contribution in [0.25, 0.3) is 5.69 Å². The van der Waals surface area contributed by atoms with Crippen molar-refractivity contribution in [3.05, 3.63) is 93.9 Å². The first-order chi connectivity index (χ1) is 15.4. The van der Waals surface area contributed by atoms with Crippen molar-refractivity contribution in [2.75, 3.05) is 7.11 Å². The fraction of sp³-hybridized carbons (Fsp3) is 0.333. The van der Waals surface area contributed by atoms with Gasteiger partial charge in [-0.3, -0.25) is 14.2 Å². The summed E-state index contributed by atoms with van der Waals surface area (Å²) in [5.74, 6) is 0.397. The van der Waals surface area contributed by atoms with E-state index in [0.717, 1.165) is 16.9 Å². The van der Waals surface area contributed by atoms with Crippen LogP contribution >= 0.6 is 0 Å². The Morgan fingerprint density at radius 2 is 1.34 bits per heavy atom. The largest absolute Gasteiger partial charge is 0.488 e. The topological polar surface area (TPSA) is 57.5 Å². The zero-order valence-electron chi connectivity index (χ0n) is 20.6. The number of aromatic nitrogens is 1. The average Bonchev–Trinajstić information content (AvgIpc) is 2.85. The lowest BCUT2D eigenvalue weighted by Crippen LogP contribution is -2.23. The van der Waals surface area contributed by atoms with E-state index in [-0.39, 0.29) is 11.5 Å². The molecule has 0 saturated heterocycles. The van der Waals surface area contributed by atoms with Crippen LogP contribution in [-0.4, -0.2) is 17.6 Å². The molecule has 0 amide bonds. The summed E-state index contributed by atoms with van der Waals surface area (Å²) >= 11 is 0. The van der Waals surface area contributed by atoms with Crippen molar-refractivity contribution in [1.29, 1.82) is 0 Å². The van der Waals surface area contributed by atoms with Gasteiger partial charge >= 0.3 is 5.97 Å². The normalized spacial score (nSPS) is 9.00.